The van der Waals surface area contributed by atoms with E-state index in [1.165, 1.54) is 4.57 Å². The van der Waals surface area contributed by atoms with E-state index in [2.05, 4.69) is 4.98 Å². The first-order chi connectivity index (χ1) is 8.09. The van der Waals surface area contributed by atoms with E-state index in [-0.39, 0.29) is 18.7 Å². The summed E-state index contributed by atoms with van der Waals surface area (Å²) in [5.74, 6) is -0.935. The smallest absolute Gasteiger partial charge is 0.232 e. The predicted octanol–water partition coefficient (Wildman–Crippen LogP) is 0.515. The van der Waals surface area contributed by atoms with Crippen LogP contribution in [0.15, 0.2) is 24.3 Å². The maximum atomic E-state index is 11.9. The van der Waals surface area contributed by atoms with Gasteiger partial charge in [0, 0.05) is 12.4 Å². The Morgan fingerprint density at radius 2 is 2.00 bits per heavy atom. The Balaban J connectivity index is 2.37. The number of carboxylic acid groups (broad SMARTS) is 1. The second kappa shape index (κ2) is 4.37. The third-order valence-electron chi connectivity index (χ3n) is 2.52. The number of rotatable bonds is 3. The molecule has 1 heterocycles. The fourth-order valence-electron chi connectivity index (χ4n) is 1.78. The number of aromatic nitrogens is 2. The Labute approximate surface area is 97.7 Å². The summed E-state index contributed by atoms with van der Waals surface area (Å²) in [7, 11) is 0. The van der Waals surface area contributed by atoms with Gasteiger partial charge in [-0.15, -0.1) is 0 Å². The zero-order valence-electron chi connectivity index (χ0n) is 9.34. The number of hydrogen-bond donors (Lipinski definition) is 0. The number of aryl methyl sites for hydroxylation is 1. The van der Waals surface area contributed by atoms with Gasteiger partial charge in [0.05, 0.1) is 11.0 Å². The fourth-order valence-corrected chi connectivity index (χ4v) is 1.78. The van der Waals surface area contributed by atoms with Crippen LogP contribution < -0.4 is 5.11 Å². The van der Waals surface area contributed by atoms with Gasteiger partial charge in [-0.3, -0.25) is 9.36 Å². The molecule has 88 valence electrons. The Kier molecular flexibility index (Phi) is 2.91. The third-order valence-corrected chi connectivity index (χ3v) is 2.52. The molecule has 0 aliphatic carbocycles. The summed E-state index contributed by atoms with van der Waals surface area (Å²) in [4.78, 5) is 26.5. The average molecular weight is 231 g/mol. The van der Waals surface area contributed by atoms with Crippen LogP contribution >= 0.6 is 0 Å². The molecule has 0 atom stereocenters. The summed E-state index contributed by atoms with van der Waals surface area (Å²) in [6, 6.07) is 7.24. The number of imidazole rings is 1. The van der Waals surface area contributed by atoms with Crippen LogP contribution in [0, 0.1) is 6.92 Å². The van der Waals surface area contributed by atoms with Crippen LogP contribution in [-0.2, 0) is 4.79 Å². The van der Waals surface area contributed by atoms with Crippen molar-refractivity contribution in [2.75, 3.05) is 0 Å². The standard InChI is InChI=1S/C12H12N2O3/c1-8-13-9-4-2-3-5-10(9)14(8)11(15)6-7-12(16)17/h2-5H,6-7H2,1H3,(H,16,17)/p-1. The van der Waals surface area contributed by atoms with Crippen molar-refractivity contribution in [1.82, 2.24) is 9.55 Å². The van der Waals surface area contributed by atoms with Gasteiger partial charge in [0.25, 0.3) is 0 Å². The van der Waals surface area contributed by atoms with Crippen LogP contribution in [0.3, 0.4) is 0 Å². The number of para-hydroxylation sites is 2. The van der Waals surface area contributed by atoms with E-state index < -0.39 is 5.97 Å². The Bertz CT molecular complexity index is 586. The zero-order chi connectivity index (χ0) is 12.4. The zero-order valence-corrected chi connectivity index (χ0v) is 9.34. The molecule has 0 spiro atoms. The molecule has 17 heavy (non-hydrogen) atoms. The molecule has 0 saturated heterocycles. The van der Waals surface area contributed by atoms with E-state index in [4.69, 9.17) is 0 Å². The third kappa shape index (κ3) is 2.18. The lowest BCUT2D eigenvalue weighted by Crippen LogP contribution is -2.24. The largest absolute Gasteiger partial charge is 0.550 e. The van der Waals surface area contributed by atoms with Crippen molar-refractivity contribution < 1.29 is 14.7 Å². The molecule has 5 nitrogen and oxygen atoms in total. The fraction of sp³-hybridized carbons (Fsp3) is 0.250. The minimum absolute atomic E-state index is 0.0798. The molecule has 1 aromatic carbocycles. The topological polar surface area (TPSA) is 75.0 Å². The van der Waals surface area contributed by atoms with E-state index in [1.54, 1.807) is 13.0 Å². The molecule has 0 amide bonds. The number of benzene rings is 1. The molecule has 0 aliphatic rings. The molecule has 0 bridgehead atoms. The highest BCUT2D eigenvalue weighted by molar-refractivity contribution is 5.92. The average Bonchev–Trinajstić information content (AvgIpc) is 2.61. The number of aliphatic carboxylic acids is 1. The molecule has 0 aliphatic heterocycles. The molecular weight excluding hydrogens is 220 g/mol. The predicted molar refractivity (Wildman–Crippen MR) is 59.3 cm³/mol. The van der Waals surface area contributed by atoms with Crippen LogP contribution in [0.25, 0.3) is 11.0 Å². The molecule has 0 radical (unpaired) electrons. The van der Waals surface area contributed by atoms with Gasteiger partial charge < -0.3 is 9.90 Å². The lowest BCUT2D eigenvalue weighted by molar-refractivity contribution is -0.305. The van der Waals surface area contributed by atoms with Gasteiger partial charge in [-0.25, -0.2) is 4.98 Å². The minimum Gasteiger partial charge on any atom is -0.550 e. The van der Waals surface area contributed by atoms with E-state index in [0.29, 0.717) is 11.3 Å². The lowest BCUT2D eigenvalue weighted by atomic mass is 10.2. The van der Waals surface area contributed by atoms with Crippen molar-refractivity contribution in [2.24, 2.45) is 0 Å². The second-order valence-corrected chi connectivity index (χ2v) is 3.75. The molecule has 5 heteroatoms. The Morgan fingerprint density at radius 3 is 2.71 bits per heavy atom. The Morgan fingerprint density at radius 1 is 1.29 bits per heavy atom. The van der Waals surface area contributed by atoms with Crippen molar-refractivity contribution in [3.63, 3.8) is 0 Å². The quantitative estimate of drug-likeness (QED) is 0.771. The second-order valence-electron chi connectivity index (χ2n) is 3.75. The molecular formula is C12H11N2O3-. The van der Waals surface area contributed by atoms with Crippen LogP contribution in [-0.4, -0.2) is 21.4 Å². The highest BCUT2D eigenvalue weighted by atomic mass is 16.4. The normalized spacial score (nSPS) is 10.6. The van der Waals surface area contributed by atoms with Crippen LogP contribution in [0.5, 0.6) is 0 Å². The maximum Gasteiger partial charge on any atom is 0.232 e. The summed E-state index contributed by atoms with van der Waals surface area (Å²) < 4.78 is 1.44. The highest BCUT2D eigenvalue weighted by Crippen LogP contribution is 2.16. The number of hydrogen-bond acceptors (Lipinski definition) is 4. The number of carboxylic acids is 1. The van der Waals surface area contributed by atoms with Crippen molar-refractivity contribution in [1.29, 1.82) is 0 Å². The summed E-state index contributed by atoms with van der Waals surface area (Å²) in [5, 5.41) is 10.3. The molecule has 0 saturated carbocycles. The van der Waals surface area contributed by atoms with Gasteiger partial charge in [-0.1, -0.05) is 12.1 Å². The van der Waals surface area contributed by atoms with E-state index in [1.807, 2.05) is 18.2 Å². The van der Waals surface area contributed by atoms with Crippen LogP contribution in [0.4, 0.5) is 0 Å². The van der Waals surface area contributed by atoms with Crippen LogP contribution in [0.2, 0.25) is 0 Å². The van der Waals surface area contributed by atoms with Gasteiger partial charge in [0.1, 0.15) is 5.82 Å². The minimum atomic E-state index is -1.22. The first kappa shape index (κ1) is 11.3. The number of carbonyl (C=O) groups is 2. The number of fused-ring (bicyclic) bond motifs is 1. The number of carbonyl (C=O) groups excluding carboxylic acids is 2. The van der Waals surface area contributed by atoms with E-state index >= 15 is 0 Å². The summed E-state index contributed by atoms with van der Waals surface area (Å²) in [6.45, 7) is 1.72. The number of nitrogens with zero attached hydrogens (tertiary/aromatic N) is 2. The molecule has 0 fully saturated rings. The first-order valence-electron chi connectivity index (χ1n) is 5.26. The molecule has 0 N–H and O–H groups in total. The van der Waals surface area contributed by atoms with E-state index in [9.17, 15) is 14.7 Å². The van der Waals surface area contributed by atoms with Crippen molar-refractivity contribution in [3.05, 3.63) is 30.1 Å². The summed E-state index contributed by atoms with van der Waals surface area (Å²) in [5.41, 5.74) is 1.43. The SMILES string of the molecule is Cc1nc2ccccc2n1C(=O)CCC(=O)[O-]. The molecule has 1 aromatic heterocycles. The highest BCUT2D eigenvalue weighted by Gasteiger charge is 2.13. The molecule has 2 rings (SSSR count). The van der Waals surface area contributed by atoms with Gasteiger partial charge >= 0.3 is 0 Å². The monoisotopic (exact) mass is 231 g/mol. The summed E-state index contributed by atoms with van der Waals surface area (Å²) >= 11 is 0. The van der Waals surface area contributed by atoms with Crippen LogP contribution in [0.1, 0.15) is 23.5 Å². The van der Waals surface area contributed by atoms with Crippen molar-refractivity contribution >= 4 is 22.9 Å². The maximum absolute atomic E-state index is 11.9. The van der Waals surface area contributed by atoms with Gasteiger partial charge in [0.15, 0.2) is 0 Å². The Hall–Kier alpha value is -2.17. The first-order valence-corrected chi connectivity index (χ1v) is 5.26. The van der Waals surface area contributed by atoms with Gasteiger partial charge in [-0.05, 0) is 25.5 Å². The molecule has 0 unspecified atom stereocenters. The van der Waals surface area contributed by atoms with Gasteiger partial charge in [0.2, 0.25) is 5.91 Å². The molecule has 2 aromatic rings. The van der Waals surface area contributed by atoms with Gasteiger partial charge in [-0.2, -0.15) is 0 Å². The lowest BCUT2D eigenvalue weighted by Gasteiger charge is -2.05. The summed E-state index contributed by atoms with van der Waals surface area (Å²) in [6.07, 6.45) is -0.353. The van der Waals surface area contributed by atoms with Crippen molar-refractivity contribution in [3.8, 4) is 0 Å². The van der Waals surface area contributed by atoms with Crippen molar-refractivity contribution in [2.45, 2.75) is 19.8 Å². The van der Waals surface area contributed by atoms with E-state index in [0.717, 1.165) is 5.52 Å².